The second-order valence-electron chi connectivity index (χ2n) is 5.94. The maximum atomic E-state index is 12.4. The van der Waals surface area contributed by atoms with E-state index in [0.29, 0.717) is 10.6 Å². The highest BCUT2D eigenvalue weighted by molar-refractivity contribution is 6.31. The number of halogens is 1. The molecule has 0 fully saturated rings. The summed E-state index contributed by atoms with van der Waals surface area (Å²) in [7, 11) is 0. The van der Waals surface area contributed by atoms with Crippen molar-refractivity contribution >= 4 is 34.4 Å². The van der Waals surface area contributed by atoms with Gasteiger partial charge in [-0.15, -0.1) is 0 Å². The van der Waals surface area contributed by atoms with Crippen LogP contribution in [0.5, 0.6) is 0 Å². The summed E-state index contributed by atoms with van der Waals surface area (Å²) in [6.07, 6.45) is 0. The van der Waals surface area contributed by atoms with Gasteiger partial charge in [-0.1, -0.05) is 41.9 Å². The van der Waals surface area contributed by atoms with Crippen molar-refractivity contribution in [3.63, 3.8) is 0 Å². The van der Waals surface area contributed by atoms with E-state index in [2.05, 4.69) is 14.9 Å². The third-order valence-electron chi connectivity index (χ3n) is 4.41. The topological polar surface area (TPSA) is 46.9 Å². The summed E-state index contributed by atoms with van der Waals surface area (Å²) in [6.45, 7) is 3.50. The number of aromatic nitrogens is 2. The van der Waals surface area contributed by atoms with Gasteiger partial charge in [0, 0.05) is 16.3 Å². The standard InChI is InChI=1S/C19H16ClN3O/c1-11-17(12(2)24)18(13-7-3-4-8-14(13)20)23-16-10-6-5-9-15(16)22-19(23)21-11/h3-10,18H,1-2H3,(H,21,22)/t18-/m0/s1. The predicted octanol–water partition coefficient (Wildman–Crippen LogP) is 4.57. The van der Waals surface area contributed by atoms with Gasteiger partial charge >= 0.3 is 0 Å². The fourth-order valence-corrected chi connectivity index (χ4v) is 3.65. The van der Waals surface area contributed by atoms with Crippen molar-refractivity contribution in [2.24, 2.45) is 0 Å². The number of rotatable bonds is 2. The molecule has 5 heteroatoms. The van der Waals surface area contributed by atoms with Crippen LogP contribution in [0.1, 0.15) is 25.5 Å². The van der Waals surface area contributed by atoms with Gasteiger partial charge in [-0.25, -0.2) is 4.98 Å². The SMILES string of the molecule is CC(=O)C1=C(C)Nc2nc3ccccc3n2[C@H]1c1ccccc1Cl. The Morgan fingerprint density at radius 2 is 1.88 bits per heavy atom. The fraction of sp³-hybridized carbons (Fsp3) is 0.158. The minimum atomic E-state index is -0.292. The number of nitrogens with one attached hydrogen (secondary N) is 1. The van der Waals surface area contributed by atoms with Crippen LogP contribution in [-0.2, 0) is 4.79 Å². The van der Waals surface area contributed by atoms with Gasteiger partial charge in [0.2, 0.25) is 5.95 Å². The molecule has 0 saturated carbocycles. The quantitative estimate of drug-likeness (QED) is 0.745. The van der Waals surface area contributed by atoms with Crippen molar-refractivity contribution in [3.05, 3.63) is 70.4 Å². The molecule has 1 aliphatic rings. The number of Topliss-reactive ketones (excluding diaryl/α,β-unsaturated/α-hetero) is 1. The zero-order valence-electron chi connectivity index (χ0n) is 13.4. The molecule has 0 aliphatic carbocycles. The first-order valence-electron chi connectivity index (χ1n) is 7.78. The number of carbonyl (C=O) groups is 1. The Hall–Kier alpha value is -2.59. The van der Waals surface area contributed by atoms with E-state index in [-0.39, 0.29) is 11.8 Å². The van der Waals surface area contributed by atoms with Crippen molar-refractivity contribution in [2.75, 3.05) is 5.32 Å². The average Bonchev–Trinajstić information content (AvgIpc) is 2.91. The van der Waals surface area contributed by atoms with E-state index < -0.39 is 0 Å². The van der Waals surface area contributed by atoms with Crippen molar-refractivity contribution < 1.29 is 4.79 Å². The number of nitrogens with zero attached hydrogens (tertiary/aromatic N) is 2. The van der Waals surface area contributed by atoms with E-state index in [9.17, 15) is 4.79 Å². The summed E-state index contributed by atoms with van der Waals surface area (Å²) in [5.74, 6) is 0.747. The van der Waals surface area contributed by atoms with Crippen molar-refractivity contribution in [2.45, 2.75) is 19.9 Å². The Labute approximate surface area is 144 Å². The van der Waals surface area contributed by atoms with Gasteiger partial charge in [-0.2, -0.15) is 0 Å². The Morgan fingerprint density at radius 1 is 1.17 bits per heavy atom. The first-order valence-corrected chi connectivity index (χ1v) is 8.16. The summed E-state index contributed by atoms with van der Waals surface area (Å²) < 4.78 is 2.06. The lowest BCUT2D eigenvalue weighted by molar-refractivity contribution is -0.114. The van der Waals surface area contributed by atoms with Crippen LogP contribution in [0.3, 0.4) is 0 Å². The van der Waals surface area contributed by atoms with Crippen LogP contribution >= 0.6 is 11.6 Å². The van der Waals surface area contributed by atoms with Crippen LogP contribution in [0.2, 0.25) is 5.02 Å². The molecule has 0 saturated heterocycles. The number of anilines is 1. The second-order valence-corrected chi connectivity index (χ2v) is 6.35. The highest BCUT2D eigenvalue weighted by atomic mass is 35.5. The van der Waals surface area contributed by atoms with Gasteiger partial charge < -0.3 is 5.32 Å². The molecule has 1 aliphatic heterocycles. The largest absolute Gasteiger partial charge is 0.329 e. The minimum Gasteiger partial charge on any atom is -0.329 e. The molecule has 0 unspecified atom stereocenters. The van der Waals surface area contributed by atoms with E-state index in [4.69, 9.17) is 11.6 Å². The third-order valence-corrected chi connectivity index (χ3v) is 4.75. The molecule has 0 amide bonds. The van der Waals surface area contributed by atoms with Gasteiger partial charge in [-0.05, 0) is 37.6 Å². The normalized spacial score (nSPS) is 16.9. The predicted molar refractivity (Wildman–Crippen MR) is 96.3 cm³/mol. The molecule has 1 aromatic heterocycles. The van der Waals surface area contributed by atoms with Gasteiger partial charge in [0.05, 0.1) is 17.1 Å². The Bertz CT molecular complexity index is 1000. The first kappa shape index (κ1) is 15.0. The lowest BCUT2D eigenvalue weighted by Crippen LogP contribution is -2.27. The summed E-state index contributed by atoms with van der Waals surface area (Å²) in [6, 6.07) is 15.3. The zero-order valence-corrected chi connectivity index (χ0v) is 14.1. The summed E-state index contributed by atoms with van der Waals surface area (Å²) in [5, 5.41) is 3.91. The Kier molecular flexibility index (Phi) is 3.43. The summed E-state index contributed by atoms with van der Waals surface area (Å²) >= 11 is 6.47. The van der Waals surface area contributed by atoms with Crippen LogP contribution in [0.15, 0.2) is 59.8 Å². The van der Waals surface area contributed by atoms with Crippen LogP contribution < -0.4 is 5.32 Å². The zero-order chi connectivity index (χ0) is 16.8. The van der Waals surface area contributed by atoms with E-state index in [0.717, 1.165) is 28.2 Å². The monoisotopic (exact) mass is 337 g/mol. The van der Waals surface area contributed by atoms with Crippen LogP contribution in [-0.4, -0.2) is 15.3 Å². The molecule has 0 bridgehead atoms. The van der Waals surface area contributed by atoms with Gasteiger partial charge in [-0.3, -0.25) is 9.36 Å². The van der Waals surface area contributed by atoms with Gasteiger partial charge in [0.15, 0.2) is 5.78 Å². The Balaban J connectivity index is 2.07. The number of fused-ring (bicyclic) bond motifs is 3. The number of imidazole rings is 1. The number of ketones is 1. The average molecular weight is 338 g/mol. The summed E-state index contributed by atoms with van der Waals surface area (Å²) in [5.41, 5.74) is 4.27. The molecule has 1 atom stereocenters. The number of allylic oxidation sites excluding steroid dienone is 2. The van der Waals surface area contributed by atoms with Crippen molar-refractivity contribution in [1.29, 1.82) is 0 Å². The maximum absolute atomic E-state index is 12.4. The van der Waals surface area contributed by atoms with Gasteiger partial charge in [0.25, 0.3) is 0 Å². The van der Waals surface area contributed by atoms with E-state index in [1.807, 2.05) is 55.5 Å². The molecule has 4 rings (SSSR count). The van der Waals surface area contributed by atoms with Crippen molar-refractivity contribution in [3.8, 4) is 0 Å². The second kappa shape index (κ2) is 5.49. The van der Waals surface area contributed by atoms with Crippen LogP contribution in [0.25, 0.3) is 11.0 Å². The van der Waals surface area contributed by atoms with Gasteiger partial charge in [0.1, 0.15) is 0 Å². The van der Waals surface area contributed by atoms with Crippen molar-refractivity contribution in [1.82, 2.24) is 9.55 Å². The number of hydrogen-bond donors (Lipinski definition) is 1. The van der Waals surface area contributed by atoms with E-state index in [1.165, 1.54) is 0 Å². The molecular weight excluding hydrogens is 322 g/mol. The molecule has 0 spiro atoms. The molecule has 2 heterocycles. The smallest absolute Gasteiger partial charge is 0.209 e. The van der Waals surface area contributed by atoms with Crippen LogP contribution in [0, 0.1) is 0 Å². The highest BCUT2D eigenvalue weighted by Gasteiger charge is 2.33. The van der Waals surface area contributed by atoms with Crippen LogP contribution in [0.4, 0.5) is 5.95 Å². The van der Waals surface area contributed by atoms with E-state index in [1.54, 1.807) is 6.92 Å². The minimum absolute atomic E-state index is 0.0216. The third kappa shape index (κ3) is 2.14. The maximum Gasteiger partial charge on any atom is 0.209 e. The molecule has 4 nitrogen and oxygen atoms in total. The molecule has 3 aromatic rings. The molecular formula is C19H16ClN3O. The lowest BCUT2D eigenvalue weighted by Gasteiger charge is -2.30. The summed E-state index contributed by atoms with van der Waals surface area (Å²) in [4.78, 5) is 17.1. The Morgan fingerprint density at radius 3 is 2.62 bits per heavy atom. The molecule has 1 N–H and O–H groups in total. The number of benzene rings is 2. The fourth-order valence-electron chi connectivity index (χ4n) is 3.41. The highest BCUT2D eigenvalue weighted by Crippen LogP contribution is 2.41. The lowest BCUT2D eigenvalue weighted by atomic mass is 9.92. The first-order chi connectivity index (χ1) is 11.6. The molecule has 120 valence electrons. The number of carbonyl (C=O) groups excluding carboxylic acids is 1. The number of para-hydroxylation sites is 2. The van der Waals surface area contributed by atoms with E-state index >= 15 is 0 Å². The molecule has 24 heavy (non-hydrogen) atoms. The number of hydrogen-bond acceptors (Lipinski definition) is 3. The molecule has 0 radical (unpaired) electrons. The molecule has 2 aromatic carbocycles.